The second-order valence-electron chi connectivity index (χ2n) is 2.84. The molecule has 0 spiro atoms. The Hall–Kier alpha value is -0.970. The molecule has 70 valence electrons. The fourth-order valence-electron chi connectivity index (χ4n) is 1.21. The van der Waals surface area contributed by atoms with Gasteiger partial charge in [-0.3, -0.25) is 4.79 Å². The first-order valence-corrected chi connectivity index (χ1v) is 5.06. The molecule has 1 aromatic rings. The average molecular weight is 198 g/mol. The number of thioether (sulfide) groups is 1. The van der Waals surface area contributed by atoms with Gasteiger partial charge in [-0.15, -0.1) is 0 Å². The van der Waals surface area contributed by atoms with Crippen LogP contribution in [0.5, 0.6) is 0 Å². The SMILES string of the molecule is CC(=O)OCc1cn2c(n1)SCC2. The Balaban J connectivity index is 2.02. The van der Waals surface area contributed by atoms with Crippen LogP contribution < -0.4 is 0 Å². The van der Waals surface area contributed by atoms with Crippen LogP contribution in [0.15, 0.2) is 11.4 Å². The van der Waals surface area contributed by atoms with E-state index in [1.54, 1.807) is 11.8 Å². The fraction of sp³-hybridized carbons (Fsp3) is 0.500. The molecule has 2 rings (SSSR count). The average Bonchev–Trinajstić information content (AvgIpc) is 2.58. The van der Waals surface area contributed by atoms with Gasteiger partial charge in [0.1, 0.15) is 6.61 Å². The van der Waals surface area contributed by atoms with Gasteiger partial charge in [0.25, 0.3) is 0 Å². The molecular formula is C8H10N2O2S. The predicted octanol–water partition coefficient (Wildman–Crippen LogP) is 1.05. The van der Waals surface area contributed by atoms with Crippen LogP contribution in [0.4, 0.5) is 0 Å². The molecule has 1 aromatic heterocycles. The second-order valence-corrected chi connectivity index (χ2v) is 3.90. The summed E-state index contributed by atoms with van der Waals surface area (Å²) in [6.07, 6.45) is 1.94. The Kier molecular flexibility index (Phi) is 2.26. The molecule has 0 aliphatic carbocycles. The zero-order valence-electron chi connectivity index (χ0n) is 7.32. The third-order valence-electron chi connectivity index (χ3n) is 1.78. The van der Waals surface area contributed by atoms with Gasteiger partial charge in [0.15, 0.2) is 5.16 Å². The van der Waals surface area contributed by atoms with Gasteiger partial charge in [0, 0.05) is 25.4 Å². The number of ether oxygens (including phenoxy) is 1. The zero-order chi connectivity index (χ0) is 9.26. The van der Waals surface area contributed by atoms with Crippen LogP contribution in [-0.2, 0) is 22.7 Å². The van der Waals surface area contributed by atoms with Crippen LogP contribution in [0.2, 0.25) is 0 Å². The molecule has 0 radical (unpaired) electrons. The van der Waals surface area contributed by atoms with Crippen molar-refractivity contribution >= 4 is 17.7 Å². The molecule has 0 bridgehead atoms. The van der Waals surface area contributed by atoms with Gasteiger partial charge in [0.2, 0.25) is 0 Å². The van der Waals surface area contributed by atoms with Crippen molar-refractivity contribution in [1.82, 2.24) is 9.55 Å². The van der Waals surface area contributed by atoms with Crippen molar-refractivity contribution in [2.45, 2.75) is 25.2 Å². The monoisotopic (exact) mass is 198 g/mol. The summed E-state index contributed by atoms with van der Waals surface area (Å²) in [5.74, 6) is 0.830. The number of fused-ring (bicyclic) bond motifs is 1. The summed E-state index contributed by atoms with van der Waals surface area (Å²) in [5.41, 5.74) is 0.831. The Bertz CT molecular complexity index is 313. The van der Waals surface area contributed by atoms with Gasteiger partial charge in [-0.2, -0.15) is 0 Å². The summed E-state index contributed by atoms with van der Waals surface area (Å²) >= 11 is 1.73. The number of rotatable bonds is 2. The summed E-state index contributed by atoms with van der Waals surface area (Å²) in [7, 11) is 0. The minimum Gasteiger partial charge on any atom is -0.459 e. The number of carbonyl (C=O) groups is 1. The smallest absolute Gasteiger partial charge is 0.303 e. The number of hydrogen-bond acceptors (Lipinski definition) is 4. The highest BCUT2D eigenvalue weighted by Gasteiger charge is 2.14. The molecular weight excluding hydrogens is 188 g/mol. The molecule has 1 aliphatic rings. The zero-order valence-corrected chi connectivity index (χ0v) is 8.13. The fourth-order valence-corrected chi connectivity index (χ4v) is 2.17. The molecule has 0 saturated heterocycles. The van der Waals surface area contributed by atoms with E-state index in [2.05, 4.69) is 9.55 Å². The maximum absolute atomic E-state index is 10.5. The maximum atomic E-state index is 10.5. The number of nitrogens with zero attached hydrogens (tertiary/aromatic N) is 2. The van der Waals surface area contributed by atoms with Gasteiger partial charge in [-0.05, 0) is 0 Å². The van der Waals surface area contributed by atoms with Gasteiger partial charge in [0.05, 0.1) is 5.69 Å². The van der Waals surface area contributed by atoms with Gasteiger partial charge >= 0.3 is 5.97 Å². The summed E-state index contributed by atoms with van der Waals surface area (Å²) in [4.78, 5) is 14.8. The van der Waals surface area contributed by atoms with Gasteiger partial charge in [-0.25, -0.2) is 4.98 Å². The highest BCUT2D eigenvalue weighted by atomic mass is 32.2. The maximum Gasteiger partial charge on any atom is 0.303 e. The summed E-state index contributed by atoms with van der Waals surface area (Å²) < 4.78 is 6.93. The van der Waals surface area contributed by atoms with Crippen LogP contribution in [-0.4, -0.2) is 21.3 Å². The van der Waals surface area contributed by atoms with E-state index < -0.39 is 0 Å². The highest BCUT2D eigenvalue weighted by molar-refractivity contribution is 7.99. The van der Waals surface area contributed by atoms with Crippen LogP contribution >= 0.6 is 11.8 Å². The molecule has 0 N–H and O–H groups in total. The minimum absolute atomic E-state index is 0.263. The summed E-state index contributed by atoms with van der Waals surface area (Å²) in [6, 6.07) is 0. The molecule has 0 amide bonds. The summed E-state index contributed by atoms with van der Waals surface area (Å²) in [5, 5.41) is 1.03. The van der Waals surface area contributed by atoms with Gasteiger partial charge < -0.3 is 9.30 Å². The number of imidazole rings is 1. The van der Waals surface area contributed by atoms with E-state index in [-0.39, 0.29) is 12.6 Å². The van der Waals surface area contributed by atoms with E-state index in [1.165, 1.54) is 6.92 Å². The topological polar surface area (TPSA) is 44.1 Å². The molecule has 0 aromatic carbocycles. The van der Waals surface area contributed by atoms with Crippen molar-refractivity contribution in [3.8, 4) is 0 Å². The predicted molar refractivity (Wildman–Crippen MR) is 48.4 cm³/mol. The van der Waals surface area contributed by atoms with Crippen molar-refractivity contribution in [3.05, 3.63) is 11.9 Å². The lowest BCUT2D eigenvalue weighted by molar-refractivity contribution is -0.142. The van der Waals surface area contributed by atoms with Crippen LogP contribution in [0.1, 0.15) is 12.6 Å². The Labute approximate surface area is 80.3 Å². The third kappa shape index (κ3) is 1.85. The first-order chi connectivity index (χ1) is 6.25. The number of hydrogen-bond donors (Lipinski definition) is 0. The quantitative estimate of drug-likeness (QED) is 0.666. The second kappa shape index (κ2) is 3.41. The molecule has 0 atom stereocenters. The molecule has 0 fully saturated rings. The molecule has 1 aliphatic heterocycles. The van der Waals surface area contributed by atoms with E-state index >= 15 is 0 Å². The Morgan fingerprint density at radius 2 is 2.69 bits per heavy atom. The molecule has 5 heteroatoms. The molecule has 2 heterocycles. The van der Waals surface area contributed by atoms with Crippen molar-refractivity contribution in [1.29, 1.82) is 0 Å². The third-order valence-corrected chi connectivity index (χ3v) is 2.75. The number of carbonyl (C=O) groups excluding carboxylic acids is 1. The number of esters is 1. The van der Waals surface area contributed by atoms with E-state index in [9.17, 15) is 4.79 Å². The highest BCUT2D eigenvalue weighted by Crippen LogP contribution is 2.24. The molecule has 13 heavy (non-hydrogen) atoms. The normalized spacial score (nSPS) is 14.2. The Morgan fingerprint density at radius 1 is 1.85 bits per heavy atom. The standard InChI is InChI=1S/C8H10N2O2S/c1-6(11)12-5-7-4-10-2-3-13-8(10)9-7/h4H,2-3,5H2,1H3. The lowest BCUT2D eigenvalue weighted by Gasteiger charge is -1.96. The number of aromatic nitrogens is 2. The largest absolute Gasteiger partial charge is 0.459 e. The van der Waals surface area contributed by atoms with Crippen molar-refractivity contribution in [2.24, 2.45) is 0 Å². The minimum atomic E-state index is -0.263. The van der Waals surface area contributed by atoms with E-state index in [0.717, 1.165) is 23.1 Å². The lowest BCUT2D eigenvalue weighted by atomic mass is 10.5. The first kappa shape index (κ1) is 8.62. The number of aryl methyl sites for hydroxylation is 1. The molecule has 0 unspecified atom stereocenters. The van der Waals surface area contributed by atoms with E-state index in [0.29, 0.717) is 0 Å². The lowest BCUT2D eigenvalue weighted by Crippen LogP contribution is -1.99. The summed E-state index contributed by atoms with van der Waals surface area (Å²) in [6.45, 7) is 2.70. The molecule has 4 nitrogen and oxygen atoms in total. The van der Waals surface area contributed by atoms with Crippen molar-refractivity contribution in [3.63, 3.8) is 0 Å². The van der Waals surface area contributed by atoms with Crippen LogP contribution in [0.25, 0.3) is 0 Å². The van der Waals surface area contributed by atoms with E-state index in [4.69, 9.17) is 4.74 Å². The molecule has 0 saturated carbocycles. The van der Waals surface area contributed by atoms with Gasteiger partial charge in [-0.1, -0.05) is 11.8 Å². The van der Waals surface area contributed by atoms with Crippen LogP contribution in [0, 0.1) is 0 Å². The Morgan fingerprint density at radius 3 is 3.38 bits per heavy atom. The van der Waals surface area contributed by atoms with Crippen LogP contribution in [0.3, 0.4) is 0 Å². The van der Waals surface area contributed by atoms with Crippen molar-refractivity contribution in [2.75, 3.05) is 5.75 Å². The van der Waals surface area contributed by atoms with E-state index in [1.807, 2.05) is 6.20 Å². The van der Waals surface area contributed by atoms with Crippen molar-refractivity contribution < 1.29 is 9.53 Å². The first-order valence-electron chi connectivity index (χ1n) is 4.08.